The van der Waals surface area contributed by atoms with Gasteiger partial charge in [-0.05, 0) is 35.8 Å². The number of phenols is 1. The lowest BCUT2D eigenvalue weighted by Gasteiger charge is -2.18. The maximum absolute atomic E-state index is 12.5. The summed E-state index contributed by atoms with van der Waals surface area (Å²) in [6, 6.07) is 17.9. The van der Waals surface area contributed by atoms with E-state index in [-0.39, 0.29) is 17.4 Å². The van der Waals surface area contributed by atoms with Crippen LogP contribution in [0.1, 0.15) is 36.9 Å². The fourth-order valence-electron chi connectivity index (χ4n) is 2.42. The van der Waals surface area contributed by atoms with Gasteiger partial charge in [0.25, 0.3) is 5.91 Å². The molecule has 0 radical (unpaired) electrons. The number of nitriles is 1. The van der Waals surface area contributed by atoms with Crippen molar-refractivity contribution in [2.75, 3.05) is 0 Å². The van der Waals surface area contributed by atoms with Crippen LogP contribution in [0, 0.1) is 11.3 Å². The minimum atomic E-state index is -0.395. The number of amides is 1. The highest BCUT2D eigenvalue weighted by atomic mass is 16.3. The molecule has 0 bridgehead atoms. The number of nitrogens with one attached hydrogen (secondary N) is 1. The summed E-state index contributed by atoms with van der Waals surface area (Å²) in [7, 11) is 0. The first-order chi connectivity index (χ1) is 11.6. The van der Waals surface area contributed by atoms with Gasteiger partial charge in [0.05, 0.1) is 6.04 Å². The van der Waals surface area contributed by atoms with Crippen LogP contribution in [0.2, 0.25) is 0 Å². The van der Waals surface area contributed by atoms with Crippen molar-refractivity contribution < 1.29 is 9.90 Å². The topological polar surface area (TPSA) is 73.1 Å². The number of aromatic hydroxyl groups is 1. The predicted octanol–water partition coefficient (Wildman–Crippen LogP) is 3.96. The molecule has 1 amide bonds. The van der Waals surface area contributed by atoms with E-state index in [9.17, 15) is 15.2 Å². The first kappa shape index (κ1) is 17.3. The minimum Gasteiger partial charge on any atom is -0.508 e. The Kier molecular flexibility index (Phi) is 6.16. The number of carbonyl (C=O) groups excluding carboxylic acids is 1. The minimum absolute atomic E-state index is 0.0396. The Balaban J connectivity index is 2.18. The van der Waals surface area contributed by atoms with Crippen LogP contribution in [0.4, 0.5) is 0 Å². The lowest BCUT2D eigenvalue weighted by Crippen LogP contribution is -2.29. The molecule has 1 atom stereocenters. The van der Waals surface area contributed by atoms with Crippen molar-refractivity contribution in [1.82, 2.24) is 5.32 Å². The van der Waals surface area contributed by atoms with E-state index in [1.165, 1.54) is 18.2 Å². The van der Waals surface area contributed by atoms with Crippen LogP contribution in [0.25, 0.3) is 6.08 Å². The molecule has 0 spiro atoms. The van der Waals surface area contributed by atoms with Gasteiger partial charge in [-0.2, -0.15) is 5.26 Å². The van der Waals surface area contributed by atoms with Crippen LogP contribution < -0.4 is 5.32 Å². The molecule has 0 aromatic heterocycles. The zero-order valence-corrected chi connectivity index (χ0v) is 13.6. The molecule has 0 aliphatic heterocycles. The summed E-state index contributed by atoms with van der Waals surface area (Å²) < 4.78 is 0. The molecule has 24 heavy (non-hydrogen) atoms. The second-order valence-corrected chi connectivity index (χ2v) is 5.49. The zero-order chi connectivity index (χ0) is 17.4. The van der Waals surface area contributed by atoms with E-state index in [1.807, 2.05) is 36.4 Å². The maximum atomic E-state index is 12.5. The molecular formula is C20H20N2O2. The molecule has 0 heterocycles. The van der Waals surface area contributed by atoms with E-state index < -0.39 is 5.91 Å². The van der Waals surface area contributed by atoms with Gasteiger partial charge < -0.3 is 10.4 Å². The Labute approximate surface area is 142 Å². The fourth-order valence-corrected chi connectivity index (χ4v) is 2.42. The van der Waals surface area contributed by atoms with Crippen LogP contribution in [0.15, 0.2) is 60.2 Å². The lowest BCUT2D eigenvalue weighted by atomic mass is 10.0. The van der Waals surface area contributed by atoms with Crippen molar-refractivity contribution >= 4 is 12.0 Å². The summed E-state index contributed by atoms with van der Waals surface area (Å²) in [5.41, 5.74) is 1.75. The maximum Gasteiger partial charge on any atom is 0.262 e. The smallest absolute Gasteiger partial charge is 0.262 e. The van der Waals surface area contributed by atoms with Gasteiger partial charge in [0, 0.05) is 0 Å². The van der Waals surface area contributed by atoms with E-state index >= 15 is 0 Å². The van der Waals surface area contributed by atoms with Gasteiger partial charge in [-0.15, -0.1) is 0 Å². The number of nitrogens with zero attached hydrogens (tertiary/aromatic N) is 1. The highest BCUT2D eigenvalue weighted by Crippen LogP contribution is 2.19. The molecule has 0 saturated heterocycles. The third-order valence-corrected chi connectivity index (χ3v) is 3.65. The third-order valence-electron chi connectivity index (χ3n) is 3.65. The molecule has 2 N–H and O–H groups in total. The monoisotopic (exact) mass is 320 g/mol. The third kappa shape index (κ3) is 4.72. The van der Waals surface area contributed by atoms with Crippen molar-refractivity contribution in [3.8, 4) is 11.8 Å². The first-order valence-electron chi connectivity index (χ1n) is 7.90. The number of hydrogen-bond acceptors (Lipinski definition) is 3. The standard InChI is InChI=1S/C20H20N2O2/c1-2-6-19(16-7-4-3-5-8-16)22-20(24)17(14-21)13-15-9-11-18(23)12-10-15/h3-5,7-13,19,23H,2,6H2,1H3,(H,22,24)/b17-13+. The number of phenolic OH excluding ortho intramolecular Hbond substituents is 1. The quantitative estimate of drug-likeness (QED) is 0.625. The second-order valence-electron chi connectivity index (χ2n) is 5.49. The average molecular weight is 320 g/mol. The number of carbonyl (C=O) groups is 1. The van der Waals surface area contributed by atoms with Gasteiger partial charge >= 0.3 is 0 Å². The normalized spacial score (nSPS) is 12.2. The summed E-state index contributed by atoms with van der Waals surface area (Å²) >= 11 is 0. The Bertz CT molecular complexity index is 743. The van der Waals surface area contributed by atoms with Crippen LogP contribution in [-0.2, 0) is 4.79 Å². The van der Waals surface area contributed by atoms with Crippen molar-refractivity contribution in [1.29, 1.82) is 5.26 Å². The lowest BCUT2D eigenvalue weighted by molar-refractivity contribution is -0.117. The highest BCUT2D eigenvalue weighted by molar-refractivity contribution is 6.01. The van der Waals surface area contributed by atoms with Crippen molar-refractivity contribution in [3.05, 3.63) is 71.3 Å². The van der Waals surface area contributed by atoms with Crippen molar-refractivity contribution in [2.45, 2.75) is 25.8 Å². The molecule has 0 aliphatic carbocycles. The van der Waals surface area contributed by atoms with Gasteiger partial charge in [0.1, 0.15) is 17.4 Å². The molecule has 2 aromatic carbocycles. The van der Waals surface area contributed by atoms with Crippen molar-refractivity contribution in [3.63, 3.8) is 0 Å². The molecule has 0 aliphatic rings. The van der Waals surface area contributed by atoms with Gasteiger partial charge in [-0.1, -0.05) is 55.8 Å². The number of hydrogen-bond donors (Lipinski definition) is 2. The van der Waals surface area contributed by atoms with E-state index in [0.717, 1.165) is 18.4 Å². The molecule has 2 rings (SSSR count). The van der Waals surface area contributed by atoms with Gasteiger partial charge in [-0.3, -0.25) is 4.79 Å². The Morgan fingerprint density at radius 1 is 1.21 bits per heavy atom. The molecule has 4 heteroatoms. The number of benzene rings is 2. The van der Waals surface area contributed by atoms with E-state index in [4.69, 9.17) is 0 Å². The molecule has 2 aromatic rings. The fraction of sp³-hybridized carbons (Fsp3) is 0.200. The Hall–Kier alpha value is -3.06. The van der Waals surface area contributed by atoms with E-state index in [0.29, 0.717) is 5.56 Å². The molecule has 0 saturated carbocycles. The molecule has 122 valence electrons. The second kappa shape index (κ2) is 8.54. The summed E-state index contributed by atoms with van der Waals surface area (Å²) in [6.45, 7) is 2.06. The summed E-state index contributed by atoms with van der Waals surface area (Å²) in [5.74, 6) is -0.255. The molecule has 1 unspecified atom stereocenters. The van der Waals surface area contributed by atoms with Crippen LogP contribution in [-0.4, -0.2) is 11.0 Å². The van der Waals surface area contributed by atoms with Crippen molar-refractivity contribution in [2.24, 2.45) is 0 Å². The van der Waals surface area contributed by atoms with E-state index in [2.05, 4.69) is 12.2 Å². The molecular weight excluding hydrogens is 300 g/mol. The molecule has 4 nitrogen and oxygen atoms in total. The number of rotatable bonds is 6. The van der Waals surface area contributed by atoms with E-state index in [1.54, 1.807) is 12.1 Å². The van der Waals surface area contributed by atoms with Crippen LogP contribution in [0.5, 0.6) is 5.75 Å². The zero-order valence-electron chi connectivity index (χ0n) is 13.6. The predicted molar refractivity (Wildman–Crippen MR) is 93.9 cm³/mol. The van der Waals surface area contributed by atoms with Crippen LogP contribution in [0.3, 0.4) is 0 Å². The van der Waals surface area contributed by atoms with Gasteiger partial charge in [0.2, 0.25) is 0 Å². The summed E-state index contributed by atoms with van der Waals surface area (Å²) in [4.78, 5) is 12.5. The highest BCUT2D eigenvalue weighted by Gasteiger charge is 2.16. The van der Waals surface area contributed by atoms with Crippen LogP contribution >= 0.6 is 0 Å². The average Bonchev–Trinajstić information content (AvgIpc) is 2.61. The largest absolute Gasteiger partial charge is 0.508 e. The summed E-state index contributed by atoms with van der Waals surface area (Å²) in [5, 5.41) is 21.5. The first-order valence-corrected chi connectivity index (χ1v) is 7.90. The Morgan fingerprint density at radius 2 is 1.88 bits per heavy atom. The SMILES string of the molecule is CCCC(NC(=O)/C(C#N)=C/c1ccc(O)cc1)c1ccccc1. The summed E-state index contributed by atoms with van der Waals surface area (Å²) in [6.07, 6.45) is 3.24. The Morgan fingerprint density at radius 3 is 2.46 bits per heavy atom. The molecule has 0 fully saturated rings. The van der Waals surface area contributed by atoms with Gasteiger partial charge in [-0.25, -0.2) is 0 Å². The van der Waals surface area contributed by atoms with Gasteiger partial charge in [0.15, 0.2) is 0 Å².